The van der Waals surface area contributed by atoms with Crippen molar-refractivity contribution in [3.8, 4) is 0 Å². The number of Topliss-reactive ketones (excluding diaryl/α,β-unsaturated/α-hetero) is 1. The van der Waals surface area contributed by atoms with Crippen LogP contribution in [0, 0.1) is 0 Å². The zero-order chi connectivity index (χ0) is 59.2. The molecule has 1 aromatic rings. The van der Waals surface area contributed by atoms with Crippen LogP contribution in [0.4, 0.5) is 0 Å². The molecule has 1 atom stereocenters. The van der Waals surface area contributed by atoms with Crippen molar-refractivity contribution in [1.82, 2.24) is 16.0 Å². The standard InChI is InChI=1S/C60H104N4O16/c1-59(2,3)79-57(70)29-23-18-16-14-12-10-9-11-13-15-17-22-28-54(67)63-52(58(71)80-60(4,5)6)30-31-53(66)62-34-39-74-44-45-76-48-51(65)27-24-37-72-43-46-77-49-55(68)61-33-35-64(7,8)36-40-75-42-41-73-38-32-56(69)78-47-50-25-20-19-21-26-50/h19-21,25-26,52H,9-18,22-24,27-49H2,1-8H3,(H2-,61,62,63,66,67,68)/p+1/t52-/m0/s1. The first kappa shape index (κ1) is 73.4. The van der Waals surface area contributed by atoms with Gasteiger partial charge < -0.3 is 63.1 Å². The molecule has 0 saturated carbocycles. The fourth-order valence-corrected chi connectivity index (χ4v) is 7.72. The van der Waals surface area contributed by atoms with Crippen molar-refractivity contribution >= 4 is 41.4 Å². The van der Waals surface area contributed by atoms with E-state index in [1.54, 1.807) is 20.8 Å². The zero-order valence-electron chi connectivity index (χ0n) is 50.4. The monoisotopic (exact) mass is 1140 g/mol. The van der Waals surface area contributed by atoms with Crippen molar-refractivity contribution in [3.63, 3.8) is 0 Å². The first-order chi connectivity index (χ1) is 38.1. The molecule has 80 heavy (non-hydrogen) atoms. The summed E-state index contributed by atoms with van der Waals surface area (Å²) in [6, 6.07) is 8.57. The number of quaternary nitrogens is 1. The topological polar surface area (TPSA) is 239 Å². The molecule has 0 bridgehead atoms. The fourth-order valence-electron chi connectivity index (χ4n) is 7.72. The number of carbonyl (C=O) groups is 7. The molecule has 1 aromatic carbocycles. The molecule has 0 saturated heterocycles. The third-order valence-corrected chi connectivity index (χ3v) is 12.1. The van der Waals surface area contributed by atoms with Crippen LogP contribution in [0.2, 0.25) is 0 Å². The Labute approximate surface area is 479 Å². The molecular formula is C60H105N4O16+. The van der Waals surface area contributed by atoms with Crippen molar-refractivity contribution in [2.45, 2.75) is 187 Å². The van der Waals surface area contributed by atoms with Crippen LogP contribution in [-0.2, 0) is 82.8 Å². The Kier molecular flexibility index (Phi) is 42.2. The van der Waals surface area contributed by atoms with Crippen LogP contribution in [-0.4, -0.2) is 183 Å². The Morgan fingerprint density at radius 1 is 0.463 bits per heavy atom. The highest BCUT2D eigenvalue weighted by Crippen LogP contribution is 2.16. The molecule has 0 aliphatic carbocycles. The number of nitrogens with zero attached hydrogens (tertiary/aromatic N) is 1. The number of benzene rings is 1. The van der Waals surface area contributed by atoms with E-state index in [1.807, 2.05) is 51.1 Å². The van der Waals surface area contributed by atoms with Gasteiger partial charge in [-0.05, 0) is 72.8 Å². The maximum atomic E-state index is 13.0. The number of ether oxygens (including phenoxy) is 9. The summed E-state index contributed by atoms with van der Waals surface area (Å²) in [7, 11) is 4.12. The Morgan fingerprint density at radius 2 is 0.988 bits per heavy atom. The second-order valence-electron chi connectivity index (χ2n) is 22.7. The molecule has 0 spiro atoms. The van der Waals surface area contributed by atoms with E-state index in [9.17, 15) is 33.6 Å². The van der Waals surface area contributed by atoms with Gasteiger partial charge in [0, 0.05) is 38.8 Å². The Morgan fingerprint density at radius 3 is 1.60 bits per heavy atom. The Bertz CT molecular complexity index is 1820. The van der Waals surface area contributed by atoms with E-state index in [-0.39, 0.29) is 114 Å². The molecule has 3 amide bonds. The first-order valence-electron chi connectivity index (χ1n) is 29.4. The second kappa shape index (κ2) is 46.0. The van der Waals surface area contributed by atoms with Crippen LogP contribution in [0.5, 0.6) is 0 Å². The lowest BCUT2D eigenvalue weighted by Crippen LogP contribution is -2.47. The first-order valence-corrected chi connectivity index (χ1v) is 29.4. The van der Waals surface area contributed by atoms with Gasteiger partial charge in [-0.25, -0.2) is 4.79 Å². The van der Waals surface area contributed by atoms with Crippen molar-refractivity contribution in [3.05, 3.63) is 35.9 Å². The van der Waals surface area contributed by atoms with Crippen molar-refractivity contribution in [2.75, 3.05) is 120 Å². The molecule has 0 fully saturated rings. The van der Waals surface area contributed by atoms with Gasteiger partial charge in [-0.1, -0.05) is 94.5 Å². The van der Waals surface area contributed by atoms with E-state index in [0.717, 1.165) is 57.1 Å². The van der Waals surface area contributed by atoms with Gasteiger partial charge in [-0.2, -0.15) is 0 Å². The minimum Gasteiger partial charge on any atom is -0.461 e. The van der Waals surface area contributed by atoms with Crippen molar-refractivity contribution < 1.29 is 80.7 Å². The summed E-state index contributed by atoms with van der Waals surface area (Å²) in [5.74, 6) is -1.79. The van der Waals surface area contributed by atoms with Crippen LogP contribution >= 0.6 is 0 Å². The number of unbranched alkanes of at least 4 members (excludes halogenated alkanes) is 11. The van der Waals surface area contributed by atoms with Gasteiger partial charge in [0.25, 0.3) is 0 Å². The molecule has 1 rings (SSSR count). The van der Waals surface area contributed by atoms with Crippen LogP contribution < -0.4 is 16.0 Å². The normalized spacial score (nSPS) is 12.2. The van der Waals surface area contributed by atoms with Gasteiger partial charge in [0.1, 0.15) is 43.6 Å². The molecule has 0 unspecified atom stereocenters. The summed E-state index contributed by atoms with van der Waals surface area (Å²) in [5, 5.41) is 8.43. The summed E-state index contributed by atoms with van der Waals surface area (Å²) in [5.41, 5.74) is -0.232. The molecule has 460 valence electrons. The maximum absolute atomic E-state index is 13.0. The molecule has 0 aliphatic rings. The van der Waals surface area contributed by atoms with E-state index in [2.05, 4.69) is 30.0 Å². The number of hydrogen-bond acceptors (Lipinski definition) is 16. The quantitative estimate of drug-likeness (QED) is 0.0251. The highest BCUT2D eigenvalue weighted by atomic mass is 16.6. The van der Waals surface area contributed by atoms with E-state index in [1.165, 1.54) is 32.1 Å². The zero-order valence-corrected chi connectivity index (χ0v) is 50.4. The molecule has 0 aromatic heterocycles. The Hall–Kier alpha value is -4.57. The van der Waals surface area contributed by atoms with E-state index in [4.69, 9.17) is 42.6 Å². The maximum Gasteiger partial charge on any atom is 0.329 e. The smallest absolute Gasteiger partial charge is 0.329 e. The molecular weight excluding hydrogens is 1030 g/mol. The minimum atomic E-state index is -0.940. The molecule has 0 heterocycles. The number of rotatable bonds is 51. The van der Waals surface area contributed by atoms with Crippen LogP contribution in [0.25, 0.3) is 0 Å². The minimum absolute atomic E-state index is 0.0137. The van der Waals surface area contributed by atoms with Crippen LogP contribution in [0.3, 0.4) is 0 Å². The molecule has 20 heteroatoms. The fraction of sp³-hybridized carbons (Fsp3) is 0.783. The average Bonchev–Trinajstić information content (AvgIpc) is 3.38. The van der Waals surface area contributed by atoms with E-state index >= 15 is 0 Å². The number of hydrogen-bond donors (Lipinski definition) is 3. The Balaban J connectivity index is 2.01. The number of likely N-dealkylation sites (N-methyl/N-ethyl adjacent to an activating group) is 1. The van der Waals surface area contributed by atoms with E-state index < -0.39 is 23.2 Å². The van der Waals surface area contributed by atoms with Gasteiger partial charge in [0.15, 0.2) is 5.78 Å². The molecule has 0 aliphatic heterocycles. The predicted octanol–water partition coefficient (Wildman–Crippen LogP) is 7.29. The summed E-state index contributed by atoms with van der Waals surface area (Å²) in [6.07, 6.45) is 14.8. The lowest BCUT2D eigenvalue weighted by atomic mass is 10.0. The molecule has 20 nitrogen and oxygen atoms in total. The summed E-state index contributed by atoms with van der Waals surface area (Å²) in [6.45, 7) is 16.4. The third-order valence-electron chi connectivity index (χ3n) is 12.1. The van der Waals surface area contributed by atoms with Gasteiger partial charge in [0.05, 0.1) is 93.1 Å². The van der Waals surface area contributed by atoms with Gasteiger partial charge >= 0.3 is 17.9 Å². The van der Waals surface area contributed by atoms with Gasteiger partial charge in [-0.3, -0.25) is 28.8 Å². The summed E-state index contributed by atoms with van der Waals surface area (Å²) < 4.78 is 49.9. The predicted molar refractivity (Wildman–Crippen MR) is 305 cm³/mol. The number of carbonyl (C=O) groups excluding carboxylic acids is 7. The van der Waals surface area contributed by atoms with Crippen LogP contribution in [0.15, 0.2) is 30.3 Å². The second-order valence-corrected chi connectivity index (χ2v) is 22.7. The van der Waals surface area contributed by atoms with E-state index in [0.29, 0.717) is 76.3 Å². The third kappa shape index (κ3) is 48.2. The number of amides is 3. The largest absolute Gasteiger partial charge is 0.461 e. The lowest BCUT2D eigenvalue weighted by molar-refractivity contribution is -0.889. The molecule has 0 radical (unpaired) electrons. The van der Waals surface area contributed by atoms with Crippen LogP contribution in [0.1, 0.15) is 169 Å². The lowest BCUT2D eigenvalue weighted by Gasteiger charge is -2.29. The summed E-state index contributed by atoms with van der Waals surface area (Å²) >= 11 is 0. The highest BCUT2D eigenvalue weighted by Gasteiger charge is 2.27. The highest BCUT2D eigenvalue weighted by molar-refractivity contribution is 5.85. The van der Waals surface area contributed by atoms with Crippen molar-refractivity contribution in [2.24, 2.45) is 0 Å². The van der Waals surface area contributed by atoms with Crippen molar-refractivity contribution in [1.29, 1.82) is 0 Å². The average molecular weight is 1140 g/mol. The molecule has 3 N–H and O–H groups in total. The SMILES string of the molecule is CC(C)(C)OC(=O)CCCCCCCCCCCCCCC(=O)N[C@@H](CCC(=O)NCCOCCOCC(=O)CCCOCCOCC(=O)NCC[N+](C)(C)CCOCCOCCC(=O)OCc1ccccc1)C(=O)OC(C)(C)C. The van der Waals surface area contributed by atoms with Gasteiger partial charge in [-0.15, -0.1) is 0 Å². The number of esters is 3. The van der Waals surface area contributed by atoms with Gasteiger partial charge in [0.2, 0.25) is 17.7 Å². The number of nitrogens with one attached hydrogen (secondary N) is 3. The summed E-state index contributed by atoms with van der Waals surface area (Å²) in [4.78, 5) is 86.5. The number of ketones is 1.